The van der Waals surface area contributed by atoms with Gasteiger partial charge in [0.05, 0.1) is 29.4 Å². The summed E-state index contributed by atoms with van der Waals surface area (Å²) in [5, 5.41) is 7.37. The summed E-state index contributed by atoms with van der Waals surface area (Å²) in [6, 6.07) is 11.9. The summed E-state index contributed by atoms with van der Waals surface area (Å²) in [6.45, 7) is 5.97. The number of hydrogen-bond acceptors (Lipinski definition) is 7. The number of thiazole rings is 1. The Labute approximate surface area is 173 Å². The quantitative estimate of drug-likeness (QED) is 0.449. The van der Waals surface area contributed by atoms with Crippen molar-refractivity contribution >= 4 is 33.7 Å². The topological polar surface area (TPSA) is 69.2 Å². The van der Waals surface area contributed by atoms with Crippen molar-refractivity contribution in [3.63, 3.8) is 0 Å². The molecule has 0 radical (unpaired) electrons. The van der Waals surface area contributed by atoms with E-state index in [0.717, 1.165) is 32.9 Å². The fraction of sp³-hybridized carbons (Fsp3) is 0.227. The van der Waals surface area contributed by atoms with Crippen LogP contribution in [0.25, 0.3) is 22.2 Å². The third kappa shape index (κ3) is 4.14. The lowest BCUT2D eigenvalue weighted by atomic mass is 10.1. The summed E-state index contributed by atoms with van der Waals surface area (Å²) in [6.07, 6.45) is 1.59. The number of anilines is 2. The third-order valence-corrected chi connectivity index (χ3v) is 5.10. The van der Waals surface area contributed by atoms with Gasteiger partial charge >= 0.3 is 0 Å². The third-order valence-electron chi connectivity index (χ3n) is 4.32. The summed E-state index contributed by atoms with van der Waals surface area (Å²) >= 11 is 1.64. The van der Waals surface area contributed by atoms with E-state index < -0.39 is 0 Å². The Balaban J connectivity index is 1.71. The zero-order valence-electron chi connectivity index (χ0n) is 16.8. The predicted octanol–water partition coefficient (Wildman–Crippen LogP) is 5.60. The van der Waals surface area contributed by atoms with Gasteiger partial charge in [0.25, 0.3) is 0 Å². The van der Waals surface area contributed by atoms with E-state index in [0.29, 0.717) is 17.3 Å². The number of ether oxygens (including phenoxy) is 2. The van der Waals surface area contributed by atoms with Crippen LogP contribution in [0.15, 0.2) is 48.1 Å². The maximum absolute atomic E-state index is 5.86. The number of benzene rings is 2. The van der Waals surface area contributed by atoms with Crippen LogP contribution < -0.4 is 14.8 Å². The Kier molecular flexibility index (Phi) is 5.31. The number of fused-ring (bicyclic) bond motifs is 1. The lowest BCUT2D eigenvalue weighted by Gasteiger charge is -2.15. The standard InChI is InChI=1S/C22H22N4O2S/c1-13(2)28-21-10-18-17(9-20(21)27-4)22(24-12-23-18)26-16-7-5-6-15(8-16)19-11-29-14(3)25-19/h5-13H,1-4H3,(H,23,24,26). The molecule has 6 nitrogen and oxygen atoms in total. The molecule has 4 aromatic rings. The summed E-state index contributed by atoms with van der Waals surface area (Å²) < 4.78 is 11.4. The number of aromatic nitrogens is 3. The fourth-order valence-corrected chi connectivity index (χ4v) is 3.68. The number of hydrogen-bond donors (Lipinski definition) is 1. The van der Waals surface area contributed by atoms with Gasteiger partial charge in [0.15, 0.2) is 11.5 Å². The Bertz CT molecular complexity index is 1160. The van der Waals surface area contributed by atoms with Gasteiger partial charge in [-0.05, 0) is 39.0 Å². The molecule has 0 spiro atoms. The molecule has 4 rings (SSSR count). The molecule has 0 unspecified atom stereocenters. The van der Waals surface area contributed by atoms with Gasteiger partial charge in [0.2, 0.25) is 0 Å². The first-order valence-corrected chi connectivity index (χ1v) is 10.2. The maximum atomic E-state index is 5.86. The average molecular weight is 407 g/mol. The largest absolute Gasteiger partial charge is 0.493 e. The Morgan fingerprint density at radius 2 is 1.93 bits per heavy atom. The number of rotatable bonds is 6. The molecule has 0 saturated heterocycles. The molecule has 0 amide bonds. The molecular formula is C22H22N4O2S. The molecule has 0 aliphatic carbocycles. The van der Waals surface area contributed by atoms with Crippen LogP contribution in [0, 0.1) is 6.92 Å². The Morgan fingerprint density at radius 1 is 1.07 bits per heavy atom. The lowest BCUT2D eigenvalue weighted by molar-refractivity contribution is 0.230. The molecule has 2 heterocycles. The minimum Gasteiger partial charge on any atom is -0.493 e. The van der Waals surface area contributed by atoms with Gasteiger partial charge in [0, 0.05) is 28.1 Å². The minimum absolute atomic E-state index is 0.0397. The van der Waals surface area contributed by atoms with Crippen LogP contribution >= 0.6 is 11.3 Å². The van der Waals surface area contributed by atoms with Gasteiger partial charge in [-0.2, -0.15) is 0 Å². The highest BCUT2D eigenvalue weighted by molar-refractivity contribution is 7.09. The molecular weight excluding hydrogens is 384 g/mol. The van der Waals surface area contributed by atoms with E-state index in [-0.39, 0.29) is 6.10 Å². The van der Waals surface area contributed by atoms with Crippen molar-refractivity contribution in [3.05, 3.63) is 53.1 Å². The van der Waals surface area contributed by atoms with E-state index in [4.69, 9.17) is 9.47 Å². The first-order valence-electron chi connectivity index (χ1n) is 9.32. The molecule has 2 aromatic carbocycles. The van der Waals surface area contributed by atoms with Gasteiger partial charge in [-0.25, -0.2) is 15.0 Å². The van der Waals surface area contributed by atoms with Gasteiger partial charge in [-0.1, -0.05) is 12.1 Å². The van der Waals surface area contributed by atoms with Crippen molar-refractivity contribution in [1.29, 1.82) is 0 Å². The first-order chi connectivity index (χ1) is 14.0. The smallest absolute Gasteiger partial charge is 0.163 e. The van der Waals surface area contributed by atoms with Gasteiger partial charge in [-0.3, -0.25) is 0 Å². The molecule has 29 heavy (non-hydrogen) atoms. The first kappa shape index (κ1) is 19.1. The second-order valence-electron chi connectivity index (χ2n) is 6.87. The zero-order valence-corrected chi connectivity index (χ0v) is 17.6. The number of nitrogens with one attached hydrogen (secondary N) is 1. The molecule has 0 aliphatic rings. The van der Waals surface area contributed by atoms with Crippen molar-refractivity contribution in [2.45, 2.75) is 26.9 Å². The highest BCUT2D eigenvalue weighted by Gasteiger charge is 2.13. The SMILES string of the molecule is COc1cc2c(Nc3cccc(-c4csc(C)n4)c3)ncnc2cc1OC(C)C. The van der Waals surface area contributed by atoms with E-state index >= 15 is 0 Å². The van der Waals surface area contributed by atoms with Crippen LogP contribution in [0.5, 0.6) is 11.5 Å². The Hall–Kier alpha value is -3.19. The second kappa shape index (κ2) is 8.05. The molecule has 0 bridgehead atoms. The zero-order chi connectivity index (χ0) is 20.4. The van der Waals surface area contributed by atoms with Gasteiger partial charge < -0.3 is 14.8 Å². The van der Waals surface area contributed by atoms with E-state index in [2.05, 4.69) is 37.8 Å². The van der Waals surface area contributed by atoms with Crippen LogP contribution in [0.2, 0.25) is 0 Å². The highest BCUT2D eigenvalue weighted by Crippen LogP contribution is 2.35. The molecule has 7 heteroatoms. The van der Waals surface area contributed by atoms with Crippen molar-refractivity contribution in [2.24, 2.45) is 0 Å². The van der Waals surface area contributed by atoms with Crippen LogP contribution in [0.4, 0.5) is 11.5 Å². The number of aryl methyl sites for hydroxylation is 1. The number of methoxy groups -OCH3 is 1. The van der Waals surface area contributed by atoms with E-state index in [1.54, 1.807) is 24.8 Å². The van der Waals surface area contributed by atoms with Crippen LogP contribution in [0.3, 0.4) is 0 Å². The Morgan fingerprint density at radius 3 is 2.66 bits per heavy atom. The van der Waals surface area contributed by atoms with Crippen LogP contribution in [-0.4, -0.2) is 28.2 Å². The summed E-state index contributed by atoms with van der Waals surface area (Å²) in [7, 11) is 1.63. The summed E-state index contributed by atoms with van der Waals surface area (Å²) in [4.78, 5) is 13.4. The van der Waals surface area contributed by atoms with Crippen molar-refractivity contribution < 1.29 is 9.47 Å². The molecule has 0 aliphatic heterocycles. The summed E-state index contributed by atoms with van der Waals surface area (Å²) in [5.41, 5.74) is 3.74. The van der Waals surface area contributed by atoms with E-state index in [1.165, 1.54) is 0 Å². The summed E-state index contributed by atoms with van der Waals surface area (Å²) in [5.74, 6) is 2.02. The van der Waals surface area contributed by atoms with Gasteiger partial charge in [-0.15, -0.1) is 11.3 Å². The van der Waals surface area contributed by atoms with Crippen molar-refractivity contribution in [2.75, 3.05) is 12.4 Å². The molecule has 2 aromatic heterocycles. The molecule has 148 valence electrons. The van der Waals surface area contributed by atoms with E-state index in [1.807, 2.05) is 45.0 Å². The van der Waals surface area contributed by atoms with Crippen molar-refractivity contribution in [1.82, 2.24) is 15.0 Å². The maximum Gasteiger partial charge on any atom is 0.163 e. The molecule has 0 saturated carbocycles. The minimum atomic E-state index is 0.0397. The average Bonchev–Trinajstić information content (AvgIpc) is 3.14. The lowest BCUT2D eigenvalue weighted by Crippen LogP contribution is -2.07. The normalized spacial score (nSPS) is 11.1. The fourth-order valence-electron chi connectivity index (χ4n) is 3.06. The van der Waals surface area contributed by atoms with E-state index in [9.17, 15) is 0 Å². The number of nitrogens with zero attached hydrogens (tertiary/aromatic N) is 3. The molecule has 0 atom stereocenters. The monoisotopic (exact) mass is 406 g/mol. The van der Waals surface area contributed by atoms with Crippen LogP contribution in [0.1, 0.15) is 18.9 Å². The van der Waals surface area contributed by atoms with Gasteiger partial charge in [0.1, 0.15) is 12.1 Å². The molecule has 1 N–H and O–H groups in total. The van der Waals surface area contributed by atoms with Crippen LogP contribution in [-0.2, 0) is 0 Å². The second-order valence-corrected chi connectivity index (χ2v) is 7.93. The highest BCUT2D eigenvalue weighted by atomic mass is 32.1. The molecule has 0 fully saturated rings. The van der Waals surface area contributed by atoms with Crippen molar-refractivity contribution in [3.8, 4) is 22.8 Å². The predicted molar refractivity (Wildman–Crippen MR) is 117 cm³/mol.